The van der Waals surface area contributed by atoms with Crippen LogP contribution >= 0.6 is 11.6 Å². The van der Waals surface area contributed by atoms with E-state index in [1.165, 1.54) is 7.05 Å². The Morgan fingerprint density at radius 2 is 1.63 bits per heavy atom. The summed E-state index contributed by atoms with van der Waals surface area (Å²) in [5, 5.41) is 11.2. The second kappa shape index (κ2) is 10.2. The molecule has 0 aliphatic carbocycles. The summed E-state index contributed by atoms with van der Waals surface area (Å²) in [6.07, 6.45) is 0.759. The standard InChI is InChI=1S/C19H21ClN4O3/c1-21-19(27)24-16-5-2-4-15(12-16)23-17(25)6-3-11-22-18(26)13-7-9-14(20)10-8-13/h2,4-5,7-10,12H,3,6,11H2,1H3,(H,22,26)(H,23,25)(H2,21,24,27). The molecule has 0 aliphatic heterocycles. The molecule has 0 aromatic heterocycles. The first-order valence-electron chi connectivity index (χ1n) is 8.40. The fourth-order valence-corrected chi connectivity index (χ4v) is 2.37. The first-order valence-corrected chi connectivity index (χ1v) is 8.78. The van der Waals surface area contributed by atoms with Crippen LogP contribution in [0.5, 0.6) is 0 Å². The Kier molecular flexibility index (Phi) is 7.63. The highest BCUT2D eigenvalue weighted by Crippen LogP contribution is 2.15. The minimum Gasteiger partial charge on any atom is -0.352 e. The molecule has 0 saturated heterocycles. The number of halogens is 1. The summed E-state index contributed by atoms with van der Waals surface area (Å²) in [6.45, 7) is 0.382. The molecule has 4 N–H and O–H groups in total. The van der Waals surface area contributed by atoms with Crippen LogP contribution in [-0.4, -0.2) is 31.4 Å². The van der Waals surface area contributed by atoms with E-state index in [0.29, 0.717) is 34.9 Å². The van der Waals surface area contributed by atoms with Crippen LogP contribution in [0.2, 0.25) is 5.02 Å². The number of hydrogen-bond donors (Lipinski definition) is 4. The minimum absolute atomic E-state index is 0.173. The fraction of sp³-hybridized carbons (Fsp3) is 0.211. The number of anilines is 2. The average Bonchev–Trinajstić information content (AvgIpc) is 2.65. The van der Waals surface area contributed by atoms with Gasteiger partial charge in [-0.1, -0.05) is 17.7 Å². The third-order valence-electron chi connectivity index (χ3n) is 3.60. The molecule has 4 amide bonds. The predicted octanol–water partition coefficient (Wildman–Crippen LogP) is 3.24. The van der Waals surface area contributed by atoms with E-state index in [1.807, 2.05) is 0 Å². The number of amides is 4. The van der Waals surface area contributed by atoms with Crippen LogP contribution in [0.15, 0.2) is 48.5 Å². The van der Waals surface area contributed by atoms with Crippen molar-refractivity contribution in [3.63, 3.8) is 0 Å². The number of carbonyl (C=O) groups is 3. The van der Waals surface area contributed by atoms with Gasteiger partial charge in [0, 0.05) is 42.0 Å². The zero-order valence-corrected chi connectivity index (χ0v) is 15.6. The summed E-state index contributed by atoms with van der Waals surface area (Å²) in [5.74, 6) is -0.382. The van der Waals surface area contributed by atoms with Crippen LogP contribution < -0.4 is 21.3 Å². The normalized spacial score (nSPS) is 10.0. The molecule has 0 atom stereocenters. The smallest absolute Gasteiger partial charge is 0.318 e. The van der Waals surface area contributed by atoms with Crippen molar-refractivity contribution in [2.45, 2.75) is 12.8 Å². The van der Waals surface area contributed by atoms with Crippen molar-refractivity contribution in [1.29, 1.82) is 0 Å². The number of hydrogen-bond acceptors (Lipinski definition) is 3. The van der Waals surface area contributed by atoms with Gasteiger partial charge in [0.2, 0.25) is 5.91 Å². The lowest BCUT2D eigenvalue weighted by Gasteiger charge is -2.09. The van der Waals surface area contributed by atoms with E-state index in [4.69, 9.17) is 11.6 Å². The van der Waals surface area contributed by atoms with Gasteiger partial charge in [-0.3, -0.25) is 9.59 Å². The molecule has 0 bridgehead atoms. The van der Waals surface area contributed by atoms with Gasteiger partial charge >= 0.3 is 6.03 Å². The third-order valence-corrected chi connectivity index (χ3v) is 3.86. The number of benzene rings is 2. The second-order valence-corrected chi connectivity index (χ2v) is 6.14. The van der Waals surface area contributed by atoms with E-state index >= 15 is 0 Å². The van der Waals surface area contributed by atoms with Crippen molar-refractivity contribution in [2.75, 3.05) is 24.2 Å². The highest BCUT2D eigenvalue weighted by Gasteiger charge is 2.07. The van der Waals surface area contributed by atoms with Crippen molar-refractivity contribution in [2.24, 2.45) is 0 Å². The van der Waals surface area contributed by atoms with E-state index in [0.717, 1.165) is 0 Å². The Balaban J connectivity index is 1.73. The first kappa shape index (κ1) is 20.3. The monoisotopic (exact) mass is 388 g/mol. The van der Waals surface area contributed by atoms with Gasteiger partial charge in [-0.05, 0) is 48.9 Å². The molecule has 0 spiro atoms. The topological polar surface area (TPSA) is 99.3 Å². The summed E-state index contributed by atoms with van der Waals surface area (Å²) >= 11 is 5.79. The molecule has 2 aromatic carbocycles. The molecular weight excluding hydrogens is 368 g/mol. The second-order valence-electron chi connectivity index (χ2n) is 5.70. The molecule has 0 fully saturated rings. The van der Waals surface area contributed by atoms with Gasteiger partial charge in [0.05, 0.1) is 0 Å². The van der Waals surface area contributed by atoms with E-state index < -0.39 is 0 Å². The maximum atomic E-state index is 12.0. The van der Waals surface area contributed by atoms with E-state index in [-0.39, 0.29) is 24.3 Å². The van der Waals surface area contributed by atoms with Gasteiger partial charge in [-0.25, -0.2) is 4.79 Å². The van der Waals surface area contributed by atoms with Gasteiger partial charge in [0.25, 0.3) is 5.91 Å². The molecule has 0 unspecified atom stereocenters. The van der Waals surface area contributed by atoms with E-state index in [2.05, 4.69) is 21.3 Å². The van der Waals surface area contributed by atoms with Crippen molar-refractivity contribution in [3.8, 4) is 0 Å². The van der Waals surface area contributed by atoms with Gasteiger partial charge in [-0.15, -0.1) is 0 Å². The molecule has 7 nitrogen and oxygen atoms in total. The van der Waals surface area contributed by atoms with Crippen LogP contribution in [0.4, 0.5) is 16.2 Å². The van der Waals surface area contributed by atoms with Crippen molar-refractivity contribution in [3.05, 3.63) is 59.1 Å². The van der Waals surface area contributed by atoms with Crippen LogP contribution in [0.3, 0.4) is 0 Å². The third kappa shape index (κ3) is 6.99. The quantitative estimate of drug-likeness (QED) is 0.548. The Labute approximate surface area is 162 Å². The summed E-state index contributed by atoms with van der Waals surface area (Å²) < 4.78 is 0. The number of urea groups is 1. The van der Waals surface area contributed by atoms with Crippen LogP contribution in [-0.2, 0) is 4.79 Å². The largest absolute Gasteiger partial charge is 0.352 e. The lowest BCUT2D eigenvalue weighted by molar-refractivity contribution is -0.116. The summed E-state index contributed by atoms with van der Waals surface area (Å²) in [7, 11) is 1.52. The SMILES string of the molecule is CNC(=O)Nc1cccc(NC(=O)CCCNC(=O)c2ccc(Cl)cc2)c1. The van der Waals surface area contributed by atoms with E-state index in [9.17, 15) is 14.4 Å². The van der Waals surface area contributed by atoms with E-state index in [1.54, 1.807) is 48.5 Å². The molecule has 0 aliphatic rings. The molecule has 0 saturated carbocycles. The lowest BCUT2D eigenvalue weighted by Crippen LogP contribution is -2.25. The number of rotatable bonds is 7. The van der Waals surface area contributed by atoms with Gasteiger partial charge in [-0.2, -0.15) is 0 Å². The lowest BCUT2D eigenvalue weighted by atomic mass is 10.2. The summed E-state index contributed by atoms with van der Waals surface area (Å²) in [4.78, 5) is 35.3. The summed E-state index contributed by atoms with van der Waals surface area (Å²) in [6, 6.07) is 13.1. The molecule has 2 rings (SSSR count). The van der Waals surface area contributed by atoms with Gasteiger partial charge in [0.1, 0.15) is 0 Å². The number of carbonyl (C=O) groups excluding carboxylic acids is 3. The van der Waals surface area contributed by atoms with Crippen LogP contribution in [0.25, 0.3) is 0 Å². The zero-order chi connectivity index (χ0) is 19.6. The highest BCUT2D eigenvalue weighted by molar-refractivity contribution is 6.30. The molecule has 0 heterocycles. The Morgan fingerprint density at radius 1 is 0.963 bits per heavy atom. The number of nitrogens with one attached hydrogen (secondary N) is 4. The molecule has 2 aromatic rings. The van der Waals surface area contributed by atoms with Crippen LogP contribution in [0, 0.1) is 0 Å². The molecular formula is C19H21ClN4O3. The Morgan fingerprint density at radius 3 is 2.30 bits per heavy atom. The first-order chi connectivity index (χ1) is 13.0. The zero-order valence-electron chi connectivity index (χ0n) is 14.8. The highest BCUT2D eigenvalue weighted by atomic mass is 35.5. The predicted molar refractivity (Wildman–Crippen MR) is 106 cm³/mol. The average molecular weight is 389 g/mol. The maximum Gasteiger partial charge on any atom is 0.318 e. The van der Waals surface area contributed by atoms with Crippen molar-refractivity contribution < 1.29 is 14.4 Å². The molecule has 142 valence electrons. The van der Waals surface area contributed by atoms with Crippen molar-refractivity contribution in [1.82, 2.24) is 10.6 Å². The molecule has 27 heavy (non-hydrogen) atoms. The van der Waals surface area contributed by atoms with Crippen molar-refractivity contribution >= 4 is 40.8 Å². The Bertz CT molecular complexity index is 809. The fourth-order valence-electron chi connectivity index (χ4n) is 2.25. The maximum absolute atomic E-state index is 12.0. The molecule has 0 radical (unpaired) electrons. The Hall–Kier alpha value is -3.06. The molecule has 8 heteroatoms. The van der Waals surface area contributed by atoms with Gasteiger partial charge in [0.15, 0.2) is 0 Å². The van der Waals surface area contributed by atoms with Gasteiger partial charge < -0.3 is 21.3 Å². The minimum atomic E-state index is -0.338. The summed E-state index contributed by atoms with van der Waals surface area (Å²) in [5.41, 5.74) is 1.67. The van der Waals surface area contributed by atoms with Crippen LogP contribution in [0.1, 0.15) is 23.2 Å².